The fourth-order valence-electron chi connectivity index (χ4n) is 2.31. The molecule has 0 aliphatic rings. The van der Waals surface area contributed by atoms with Crippen molar-refractivity contribution in [3.05, 3.63) is 23.8 Å². The van der Waals surface area contributed by atoms with Crippen LogP contribution in [0.1, 0.15) is 46.3 Å². The monoisotopic (exact) mass is 384 g/mol. The van der Waals surface area contributed by atoms with Gasteiger partial charge in [-0.1, -0.05) is 27.7 Å². The van der Waals surface area contributed by atoms with Crippen LogP contribution in [0.3, 0.4) is 0 Å². The Hall–Kier alpha value is -1.38. The van der Waals surface area contributed by atoms with Gasteiger partial charge in [0.25, 0.3) is 0 Å². The van der Waals surface area contributed by atoms with Crippen LogP contribution < -0.4 is 20.1 Å². The summed E-state index contributed by atoms with van der Waals surface area (Å²) in [4.78, 5) is 0. The predicted octanol–water partition coefficient (Wildman–Crippen LogP) is 1.22. The lowest BCUT2D eigenvalue weighted by Gasteiger charge is -2.19. The Balaban J connectivity index is 2.61. The van der Waals surface area contributed by atoms with Gasteiger partial charge in [-0.05, 0) is 25.1 Å². The number of nitrogens with one attached hydrogen (secondary N) is 2. The Morgan fingerprint density at radius 3 is 1.81 bits per heavy atom. The van der Waals surface area contributed by atoms with Crippen molar-refractivity contribution < 1.29 is 24.8 Å². The van der Waals surface area contributed by atoms with Crippen molar-refractivity contribution in [1.29, 1.82) is 0 Å². The first-order valence-electron chi connectivity index (χ1n) is 9.59. The molecule has 3 unspecified atom stereocenters. The highest BCUT2D eigenvalue weighted by Gasteiger charge is 2.14. The zero-order chi connectivity index (χ0) is 20.4. The number of aliphatic hydroxyl groups is 3. The summed E-state index contributed by atoms with van der Waals surface area (Å²) in [5.41, 5.74) is 0.575. The number of hydrogen-bond donors (Lipinski definition) is 5. The fourth-order valence-corrected chi connectivity index (χ4v) is 2.31. The number of hydrogen-bond acceptors (Lipinski definition) is 7. The van der Waals surface area contributed by atoms with Crippen LogP contribution in [0.15, 0.2) is 18.2 Å². The van der Waals surface area contributed by atoms with Gasteiger partial charge < -0.3 is 35.4 Å². The molecule has 0 amide bonds. The Bertz CT molecular complexity index is 537. The highest BCUT2D eigenvalue weighted by atomic mass is 16.5. The molecule has 0 bridgehead atoms. The molecule has 0 spiro atoms. The van der Waals surface area contributed by atoms with Crippen LogP contribution in [0.2, 0.25) is 0 Å². The van der Waals surface area contributed by atoms with Crippen LogP contribution >= 0.6 is 0 Å². The van der Waals surface area contributed by atoms with Crippen LogP contribution in [0.25, 0.3) is 0 Å². The van der Waals surface area contributed by atoms with E-state index in [1.807, 2.05) is 27.7 Å². The first kappa shape index (κ1) is 23.7. The van der Waals surface area contributed by atoms with E-state index < -0.39 is 18.3 Å². The highest BCUT2D eigenvalue weighted by molar-refractivity contribution is 5.41. The lowest BCUT2D eigenvalue weighted by atomic mass is 10.1. The van der Waals surface area contributed by atoms with E-state index in [1.165, 1.54) is 0 Å². The zero-order valence-corrected chi connectivity index (χ0v) is 17.1. The van der Waals surface area contributed by atoms with E-state index in [1.54, 1.807) is 25.1 Å². The van der Waals surface area contributed by atoms with Gasteiger partial charge in [-0.15, -0.1) is 0 Å². The molecule has 0 saturated heterocycles. The summed E-state index contributed by atoms with van der Waals surface area (Å²) in [6, 6.07) is 5.71. The number of rotatable bonds is 13. The quantitative estimate of drug-likeness (QED) is 0.348. The van der Waals surface area contributed by atoms with Gasteiger partial charge in [0.2, 0.25) is 0 Å². The van der Waals surface area contributed by atoms with E-state index in [0.717, 1.165) is 0 Å². The van der Waals surface area contributed by atoms with E-state index in [4.69, 9.17) is 9.47 Å². The summed E-state index contributed by atoms with van der Waals surface area (Å²) in [6.07, 6.45) is -2.02. The molecule has 156 valence electrons. The largest absolute Gasteiger partial charge is 0.491 e. The molecule has 0 aliphatic heterocycles. The van der Waals surface area contributed by atoms with Gasteiger partial charge in [0.05, 0.1) is 6.10 Å². The van der Waals surface area contributed by atoms with Gasteiger partial charge in [-0.3, -0.25) is 0 Å². The van der Waals surface area contributed by atoms with E-state index in [9.17, 15) is 15.3 Å². The van der Waals surface area contributed by atoms with Crippen molar-refractivity contribution in [2.24, 2.45) is 0 Å². The molecule has 0 saturated carbocycles. The highest BCUT2D eigenvalue weighted by Crippen LogP contribution is 2.29. The molecule has 0 aliphatic carbocycles. The Labute approximate surface area is 162 Å². The van der Waals surface area contributed by atoms with Gasteiger partial charge >= 0.3 is 0 Å². The van der Waals surface area contributed by atoms with Crippen molar-refractivity contribution in [3.63, 3.8) is 0 Å². The molecule has 0 heterocycles. The second-order valence-corrected chi connectivity index (χ2v) is 7.43. The molecule has 1 aromatic carbocycles. The summed E-state index contributed by atoms with van der Waals surface area (Å²) in [7, 11) is 0. The van der Waals surface area contributed by atoms with E-state index in [2.05, 4.69) is 10.6 Å². The van der Waals surface area contributed by atoms with Crippen LogP contribution in [0, 0.1) is 0 Å². The predicted molar refractivity (Wildman–Crippen MR) is 106 cm³/mol. The Kier molecular flexibility index (Phi) is 10.6. The van der Waals surface area contributed by atoms with Gasteiger partial charge in [0.1, 0.15) is 36.9 Å². The normalized spacial score (nSPS) is 15.0. The van der Waals surface area contributed by atoms with E-state index in [-0.39, 0.29) is 19.3 Å². The van der Waals surface area contributed by atoms with Crippen LogP contribution in [0.4, 0.5) is 0 Å². The topological polar surface area (TPSA) is 103 Å². The van der Waals surface area contributed by atoms with Gasteiger partial charge in [0, 0.05) is 30.7 Å². The Morgan fingerprint density at radius 1 is 0.815 bits per heavy atom. The van der Waals surface area contributed by atoms with Gasteiger partial charge in [0.15, 0.2) is 0 Å². The summed E-state index contributed by atoms with van der Waals surface area (Å²) in [5.74, 6) is 1.05. The summed E-state index contributed by atoms with van der Waals surface area (Å²) in [5, 5.41) is 36.2. The Morgan fingerprint density at radius 2 is 1.33 bits per heavy atom. The second kappa shape index (κ2) is 12.2. The average molecular weight is 385 g/mol. The molecular formula is C20H36N2O5. The molecule has 7 nitrogen and oxygen atoms in total. The second-order valence-electron chi connectivity index (χ2n) is 7.43. The number of aliphatic hydroxyl groups excluding tert-OH is 3. The summed E-state index contributed by atoms with van der Waals surface area (Å²) in [6.45, 7) is 10.8. The van der Waals surface area contributed by atoms with Crippen molar-refractivity contribution >= 4 is 0 Å². The third-order valence-corrected chi connectivity index (χ3v) is 3.83. The molecule has 1 rings (SSSR count). The number of ether oxygens (including phenoxy) is 2. The van der Waals surface area contributed by atoms with Crippen molar-refractivity contribution in [2.45, 2.75) is 65.0 Å². The maximum Gasteiger partial charge on any atom is 0.125 e. The molecule has 7 heteroatoms. The minimum atomic E-state index is -0.748. The minimum absolute atomic E-state index is 0.124. The molecule has 0 fully saturated rings. The number of benzene rings is 1. The first-order chi connectivity index (χ1) is 12.7. The maximum absolute atomic E-state index is 10.0. The first-order valence-corrected chi connectivity index (χ1v) is 9.59. The minimum Gasteiger partial charge on any atom is -0.491 e. The molecule has 0 aromatic heterocycles. The average Bonchev–Trinajstić information content (AvgIpc) is 2.61. The van der Waals surface area contributed by atoms with Gasteiger partial charge in [-0.2, -0.15) is 0 Å². The van der Waals surface area contributed by atoms with Crippen molar-refractivity contribution in [3.8, 4) is 11.5 Å². The maximum atomic E-state index is 10.0. The lowest BCUT2D eigenvalue weighted by molar-refractivity contribution is 0.0997. The van der Waals surface area contributed by atoms with Crippen LogP contribution in [-0.2, 0) is 0 Å². The summed E-state index contributed by atoms with van der Waals surface area (Å²) >= 11 is 0. The summed E-state index contributed by atoms with van der Waals surface area (Å²) < 4.78 is 11.3. The fraction of sp³-hybridized carbons (Fsp3) is 0.700. The molecule has 5 N–H and O–H groups in total. The van der Waals surface area contributed by atoms with Crippen molar-refractivity contribution in [1.82, 2.24) is 10.6 Å². The zero-order valence-electron chi connectivity index (χ0n) is 17.1. The van der Waals surface area contributed by atoms with Crippen LogP contribution in [0.5, 0.6) is 11.5 Å². The SMILES string of the molecule is CC(C)NCC(O)COc1ccc(OCC(O)CNC(C)C)c(C(C)O)c1. The molecule has 27 heavy (non-hydrogen) atoms. The van der Waals surface area contributed by atoms with E-state index in [0.29, 0.717) is 36.2 Å². The van der Waals surface area contributed by atoms with Gasteiger partial charge in [-0.25, -0.2) is 0 Å². The molecule has 3 atom stereocenters. The standard InChI is InChI=1S/C20H36N2O5/c1-13(2)21-9-16(24)11-26-18-6-7-20(19(8-18)15(5)23)27-12-17(25)10-22-14(3)4/h6-8,13-17,21-25H,9-12H2,1-5H3. The molecule has 0 radical (unpaired) electrons. The molecule has 1 aromatic rings. The third kappa shape index (κ3) is 9.93. The lowest BCUT2D eigenvalue weighted by Crippen LogP contribution is -2.35. The van der Waals surface area contributed by atoms with E-state index >= 15 is 0 Å². The van der Waals surface area contributed by atoms with Crippen LogP contribution in [-0.4, -0.2) is 65.9 Å². The third-order valence-electron chi connectivity index (χ3n) is 3.83. The van der Waals surface area contributed by atoms with Crippen molar-refractivity contribution in [2.75, 3.05) is 26.3 Å². The molecular weight excluding hydrogens is 348 g/mol. The smallest absolute Gasteiger partial charge is 0.125 e.